The van der Waals surface area contributed by atoms with Crippen molar-refractivity contribution in [1.29, 1.82) is 0 Å². The molecule has 0 aromatic heterocycles. The Hall–Kier alpha value is -2.08. The van der Waals surface area contributed by atoms with Gasteiger partial charge in [0.05, 0.1) is 19.6 Å². The van der Waals surface area contributed by atoms with Crippen LogP contribution in [0.15, 0.2) is 0 Å². The first kappa shape index (κ1) is 35.9. The van der Waals surface area contributed by atoms with E-state index in [1.165, 1.54) is 6.42 Å². The van der Waals surface area contributed by atoms with Gasteiger partial charge < -0.3 is 25.4 Å². The van der Waals surface area contributed by atoms with Crippen molar-refractivity contribution < 1.29 is 24.3 Å². The molecule has 40 heavy (non-hydrogen) atoms. The summed E-state index contributed by atoms with van der Waals surface area (Å²) in [5, 5.41) is 15.3. The lowest BCUT2D eigenvalue weighted by Crippen LogP contribution is -2.48. The summed E-state index contributed by atoms with van der Waals surface area (Å²) in [6.45, 7) is 14.7. The number of hydrogen-bond acceptors (Lipinski definition) is 8. The van der Waals surface area contributed by atoms with Crippen LogP contribution >= 0.6 is 0 Å². The van der Waals surface area contributed by atoms with Gasteiger partial charge in [0.15, 0.2) is 0 Å². The number of nitrogens with one attached hydrogen (secondary N) is 2. The minimum atomic E-state index is -0.880. The Morgan fingerprint density at radius 3 is 1.80 bits per heavy atom. The van der Waals surface area contributed by atoms with E-state index >= 15 is 0 Å². The van der Waals surface area contributed by atoms with Gasteiger partial charge in [-0.05, 0) is 31.7 Å². The van der Waals surface area contributed by atoms with Crippen molar-refractivity contribution >= 4 is 24.1 Å². The van der Waals surface area contributed by atoms with Gasteiger partial charge in [-0.1, -0.05) is 40.0 Å². The maximum absolute atomic E-state index is 12.7. The van der Waals surface area contributed by atoms with Gasteiger partial charge in [0.25, 0.3) is 0 Å². The van der Waals surface area contributed by atoms with E-state index < -0.39 is 5.97 Å². The molecule has 0 radical (unpaired) electrons. The maximum atomic E-state index is 12.7. The van der Waals surface area contributed by atoms with Gasteiger partial charge in [-0.15, -0.1) is 0 Å². The fourth-order valence-corrected chi connectivity index (χ4v) is 4.76. The predicted octanol–water partition coefficient (Wildman–Crippen LogP) is 1.13. The van der Waals surface area contributed by atoms with E-state index in [0.717, 1.165) is 71.1 Å². The lowest BCUT2D eigenvalue weighted by molar-refractivity contribution is -0.138. The number of carboxylic acids is 1. The standard InChI is InChI=1S/C29H56N6O5/c1-4-32-14-16-33(22-23-36)17-19-35(25-29(39)40)21-20-34(18-15-32)24-28(38)31-12-8-5-6-11-27(37)30-13-9-7-10-26(2)3/h23,26H,4-22,24-25H2,1-3H3,(H,30,37)(H,31,38)(H,39,40). The molecule has 11 nitrogen and oxygen atoms in total. The second-order valence-electron chi connectivity index (χ2n) is 11.2. The van der Waals surface area contributed by atoms with Crippen LogP contribution in [0.1, 0.15) is 65.7 Å². The summed E-state index contributed by atoms with van der Waals surface area (Å²) in [5.41, 5.74) is 0. The van der Waals surface area contributed by atoms with Crippen molar-refractivity contribution in [2.24, 2.45) is 5.92 Å². The third kappa shape index (κ3) is 19.1. The SMILES string of the molecule is CCN1CCN(CC=O)CCN(CC(=O)O)CCN(CC(=O)NCCCCCC(=O)NCCCCC(C)C)CC1. The molecule has 1 rings (SSSR count). The van der Waals surface area contributed by atoms with E-state index in [1.807, 2.05) is 4.90 Å². The van der Waals surface area contributed by atoms with E-state index in [0.29, 0.717) is 58.2 Å². The molecule has 1 aliphatic heterocycles. The molecule has 11 heteroatoms. The van der Waals surface area contributed by atoms with Crippen LogP contribution in [0.3, 0.4) is 0 Å². The lowest BCUT2D eigenvalue weighted by atomic mass is 10.1. The average Bonchev–Trinajstić information content (AvgIpc) is 2.90. The molecule has 1 saturated heterocycles. The van der Waals surface area contributed by atoms with E-state index in [2.05, 4.69) is 46.1 Å². The van der Waals surface area contributed by atoms with Gasteiger partial charge >= 0.3 is 5.97 Å². The van der Waals surface area contributed by atoms with Gasteiger partial charge in [-0.25, -0.2) is 0 Å². The highest BCUT2D eigenvalue weighted by Gasteiger charge is 2.18. The molecule has 0 saturated carbocycles. The Kier molecular flexibility index (Phi) is 20.3. The monoisotopic (exact) mass is 568 g/mol. The molecule has 0 spiro atoms. The molecule has 0 aliphatic carbocycles. The van der Waals surface area contributed by atoms with Gasteiger partial charge in [0, 0.05) is 71.9 Å². The minimum absolute atomic E-state index is 0.0313. The van der Waals surface area contributed by atoms with Crippen molar-refractivity contribution in [2.75, 3.05) is 91.6 Å². The molecule has 0 unspecified atom stereocenters. The summed E-state index contributed by atoms with van der Waals surface area (Å²) in [6.07, 6.45) is 7.34. The Morgan fingerprint density at radius 1 is 0.725 bits per heavy atom. The highest BCUT2D eigenvalue weighted by molar-refractivity contribution is 5.78. The third-order valence-electron chi connectivity index (χ3n) is 7.37. The van der Waals surface area contributed by atoms with Crippen LogP contribution in [0.4, 0.5) is 0 Å². The number of rotatable bonds is 18. The summed E-state index contributed by atoms with van der Waals surface area (Å²) in [7, 11) is 0. The van der Waals surface area contributed by atoms with Crippen LogP contribution < -0.4 is 10.6 Å². The molecule has 0 aromatic rings. The number of carbonyl (C=O) groups excluding carboxylic acids is 3. The molecule has 1 fully saturated rings. The number of carboxylic acid groups (broad SMARTS) is 1. The van der Waals surface area contributed by atoms with Crippen molar-refractivity contribution in [2.45, 2.75) is 65.7 Å². The number of aldehydes is 1. The normalized spacial score (nSPS) is 17.2. The number of hydrogen-bond donors (Lipinski definition) is 3. The topological polar surface area (TPSA) is 126 Å². The summed E-state index contributed by atoms with van der Waals surface area (Å²) in [6, 6.07) is 0. The Balaban J connectivity index is 2.41. The van der Waals surface area contributed by atoms with Crippen molar-refractivity contribution in [3.8, 4) is 0 Å². The van der Waals surface area contributed by atoms with E-state index in [9.17, 15) is 24.3 Å². The van der Waals surface area contributed by atoms with Gasteiger partial charge in [-0.2, -0.15) is 0 Å². The number of likely N-dealkylation sites (N-methyl/N-ethyl adjacent to an activating group) is 1. The smallest absolute Gasteiger partial charge is 0.317 e. The molecule has 2 amide bonds. The number of aliphatic carboxylic acids is 1. The Bertz CT molecular complexity index is 723. The summed E-state index contributed by atoms with van der Waals surface area (Å²) >= 11 is 0. The zero-order chi connectivity index (χ0) is 29.6. The fraction of sp³-hybridized carbons (Fsp3) is 0.862. The Labute approximate surface area is 242 Å². The number of amides is 2. The highest BCUT2D eigenvalue weighted by Crippen LogP contribution is 2.06. The largest absolute Gasteiger partial charge is 0.480 e. The zero-order valence-corrected chi connectivity index (χ0v) is 25.4. The van der Waals surface area contributed by atoms with Crippen molar-refractivity contribution in [3.63, 3.8) is 0 Å². The van der Waals surface area contributed by atoms with Gasteiger partial charge in [0.1, 0.15) is 6.29 Å². The fourth-order valence-electron chi connectivity index (χ4n) is 4.76. The lowest BCUT2D eigenvalue weighted by Gasteiger charge is -2.32. The zero-order valence-electron chi connectivity index (χ0n) is 25.4. The predicted molar refractivity (Wildman–Crippen MR) is 158 cm³/mol. The molecule has 3 N–H and O–H groups in total. The summed E-state index contributed by atoms with van der Waals surface area (Å²) in [4.78, 5) is 55.5. The van der Waals surface area contributed by atoms with Crippen LogP contribution in [0.25, 0.3) is 0 Å². The first-order valence-electron chi connectivity index (χ1n) is 15.3. The van der Waals surface area contributed by atoms with E-state index in [-0.39, 0.29) is 24.9 Å². The molecular weight excluding hydrogens is 512 g/mol. The molecule has 1 aliphatic rings. The molecular formula is C29H56N6O5. The second-order valence-corrected chi connectivity index (χ2v) is 11.2. The van der Waals surface area contributed by atoms with Crippen molar-refractivity contribution in [1.82, 2.24) is 30.2 Å². The summed E-state index contributed by atoms with van der Waals surface area (Å²) in [5.74, 6) is -0.0965. The van der Waals surface area contributed by atoms with Gasteiger partial charge in [0.2, 0.25) is 11.8 Å². The summed E-state index contributed by atoms with van der Waals surface area (Å²) < 4.78 is 0. The average molecular weight is 569 g/mol. The van der Waals surface area contributed by atoms with Crippen LogP contribution in [-0.2, 0) is 19.2 Å². The molecule has 0 bridgehead atoms. The third-order valence-corrected chi connectivity index (χ3v) is 7.37. The molecule has 1 heterocycles. The van der Waals surface area contributed by atoms with Gasteiger partial charge in [-0.3, -0.25) is 29.1 Å². The van der Waals surface area contributed by atoms with Crippen LogP contribution in [0, 0.1) is 5.92 Å². The first-order chi connectivity index (χ1) is 19.2. The second kappa shape index (κ2) is 22.6. The molecule has 232 valence electrons. The number of carbonyl (C=O) groups is 4. The molecule has 0 atom stereocenters. The first-order valence-corrected chi connectivity index (χ1v) is 15.3. The quantitative estimate of drug-likeness (QED) is 0.165. The minimum Gasteiger partial charge on any atom is -0.480 e. The molecule has 0 aromatic carbocycles. The van der Waals surface area contributed by atoms with Crippen LogP contribution in [0.2, 0.25) is 0 Å². The maximum Gasteiger partial charge on any atom is 0.317 e. The van der Waals surface area contributed by atoms with E-state index in [1.54, 1.807) is 0 Å². The number of unbranched alkanes of at least 4 members (excludes halogenated alkanes) is 3. The highest BCUT2D eigenvalue weighted by atomic mass is 16.4. The number of nitrogens with zero attached hydrogens (tertiary/aromatic N) is 4. The van der Waals surface area contributed by atoms with E-state index in [4.69, 9.17) is 0 Å². The van der Waals surface area contributed by atoms with Crippen molar-refractivity contribution in [3.05, 3.63) is 0 Å². The van der Waals surface area contributed by atoms with Crippen LogP contribution in [0.5, 0.6) is 0 Å². The van der Waals surface area contributed by atoms with Crippen LogP contribution in [-0.4, -0.2) is 140 Å². The Morgan fingerprint density at radius 2 is 1.25 bits per heavy atom.